The van der Waals surface area contributed by atoms with Crippen LogP contribution in [-0.2, 0) is 20.6 Å². The zero-order valence-electron chi connectivity index (χ0n) is 13.8. The highest BCUT2D eigenvalue weighted by atomic mass is 32.3. The van der Waals surface area contributed by atoms with Crippen LogP contribution in [0.25, 0.3) is 0 Å². The Labute approximate surface area is 134 Å². The fraction of sp³-hybridized carbons (Fsp3) is 0.875. The van der Waals surface area contributed by atoms with E-state index in [1.807, 2.05) is 0 Å². The van der Waals surface area contributed by atoms with Crippen molar-refractivity contribution in [1.29, 1.82) is 0 Å². The molecule has 0 fully saturated rings. The quantitative estimate of drug-likeness (QED) is 0.376. The van der Waals surface area contributed by atoms with Crippen LogP contribution in [0.1, 0.15) is 64.7 Å². The van der Waals surface area contributed by atoms with Crippen molar-refractivity contribution in [1.82, 2.24) is 0 Å². The van der Waals surface area contributed by atoms with E-state index in [9.17, 15) is 12.6 Å². The van der Waals surface area contributed by atoms with E-state index in [0.717, 1.165) is 19.3 Å². The smallest absolute Gasteiger partial charge is 0.162 e. The van der Waals surface area contributed by atoms with Crippen LogP contribution in [0.5, 0.6) is 0 Å². The molecule has 0 bridgehead atoms. The number of rotatable bonds is 13. The van der Waals surface area contributed by atoms with E-state index in [4.69, 9.17) is 0 Å². The third-order valence-corrected chi connectivity index (χ3v) is 7.85. The third kappa shape index (κ3) is 9.46. The lowest BCUT2D eigenvalue weighted by molar-refractivity contribution is 0.515. The molecule has 0 amide bonds. The highest BCUT2D eigenvalue weighted by Gasteiger charge is 2.31. The molecule has 0 spiro atoms. The number of sulfone groups is 1. The van der Waals surface area contributed by atoms with Crippen molar-refractivity contribution in [2.75, 3.05) is 12.5 Å². The summed E-state index contributed by atoms with van der Waals surface area (Å²) in [5.74, 6) is -0.203. The van der Waals surface area contributed by atoms with Crippen LogP contribution < -0.4 is 0 Å². The maximum absolute atomic E-state index is 11.8. The summed E-state index contributed by atoms with van der Waals surface area (Å²) in [4.78, 5) is 0. The summed E-state index contributed by atoms with van der Waals surface area (Å²) in [6.45, 7) is 5.94. The Balaban J connectivity index is 4.10. The number of unbranched alkanes of at least 4 members (excludes halogenated alkanes) is 7. The van der Waals surface area contributed by atoms with Crippen molar-refractivity contribution in [2.24, 2.45) is 5.92 Å². The van der Waals surface area contributed by atoms with Crippen LogP contribution in [0.4, 0.5) is 0 Å². The van der Waals surface area contributed by atoms with E-state index < -0.39 is 25.2 Å². The second-order valence-electron chi connectivity index (χ2n) is 5.86. The Kier molecular flexibility index (Phi) is 11.3. The lowest BCUT2D eigenvalue weighted by atomic mass is 10.0. The van der Waals surface area contributed by atoms with Crippen LogP contribution in [0.3, 0.4) is 0 Å². The van der Waals surface area contributed by atoms with Crippen molar-refractivity contribution in [3.63, 3.8) is 0 Å². The summed E-state index contributed by atoms with van der Waals surface area (Å²) in [6, 6.07) is 0. The maximum Gasteiger partial charge on any atom is 0.162 e. The predicted octanol–water partition coefficient (Wildman–Crippen LogP) is 4.07. The molecule has 0 saturated carbocycles. The molecule has 21 heavy (non-hydrogen) atoms. The minimum absolute atomic E-state index is 0.203. The van der Waals surface area contributed by atoms with Gasteiger partial charge < -0.3 is 0 Å². The Bertz CT molecular complexity index is 402. The van der Waals surface area contributed by atoms with Gasteiger partial charge in [-0.3, -0.25) is 4.21 Å². The predicted molar refractivity (Wildman–Crippen MR) is 93.6 cm³/mol. The second kappa shape index (κ2) is 11.4. The van der Waals surface area contributed by atoms with Gasteiger partial charge in [0.2, 0.25) is 0 Å². The average Bonchev–Trinajstić information content (AvgIpc) is 2.38. The normalized spacial score (nSPS) is 16.3. The molecule has 0 aromatic carbocycles. The summed E-state index contributed by atoms with van der Waals surface area (Å²) in [5, 5.41) is 0. The minimum Gasteiger partial charge on any atom is -0.259 e. The average molecular weight is 337 g/mol. The Morgan fingerprint density at radius 2 is 1.52 bits per heavy atom. The van der Waals surface area contributed by atoms with Gasteiger partial charge in [0.1, 0.15) is 4.58 Å². The van der Waals surface area contributed by atoms with Gasteiger partial charge in [0, 0.05) is 29.2 Å². The lowest BCUT2D eigenvalue weighted by Gasteiger charge is -2.21. The fourth-order valence-electron chi connectivity index (χ4n) is 2.69. The van der Waals surface area contributed by atoms with Crippen molar-refractivity contribution in [2.45, 2.75) is 69.3 Å². The van der Waals surface area contributed by atoms with Gasteiger partial charge in [-0.2, -0.15) is 0 Å². The molecule has 3 atom stereocenters. The largest absolute Gasteiger partial charge is 0.259 e. The van der Waals surface area contributed by atoms with Crippen molar-refractivity contribution >= 4 is 20.6 Å². The van der Waals surface area contributed by atoms with Gasteiger partial charge in [-0.25, -0.2) is 8.42 Å². The van der Waals surface area contributed by atoms with Crippen molar-refractivity contribution in [3.8, 4) is 0 Å². The SMILES string of the molecule is C=CC(CCCCCCCCCC)C(S(C)=O)S(C)(=O)=O. The Hall–Kier alpha value is -0.160. The molecule has 3 unspecified atom stereocenters. The Morgan fingerprint density at radius 1 is 1.05 bits per heavy atom. The summed E-state index contributed by atoms with van der Waals surface area (Å²) in [7, 11) is -4.68. The van der Waals surface area contributed by atoms with Crippen molar-refractivity contribution in [3.05, 3.63) is 12.7 Å². The van der Waals surface area contributed by atoms with E-state index in [0.29, 0.717) is 0 Å². The van der Waals surface area contributed by atoms with Crippen LogP contribution in [-0.4, -0.2) is 29.7 Å². The topological polar surface area (TPSA) is 51.2 Å². The van der Waals surface area contributed by atoms with E-state index in [1.165, 1.54) is 51.0 Å². The molecular formula is C16H32O3S2. The molecule has 0 aliphatic rings. The highest BCUT2D eigenvalue weighted by Crippen LogP contribution is 2.23. The molecule has 5 heteroatoms. The number of hydrogen-bond acceptors (Lipinski definition) is 3. The fourth-order valence-corrected chi connectivity index (χ4v) is 6.28. The summed E-state index contributed by atoms with van der Waals surface area (Å²) in [6.07, 6.45) is 14.8. The van der Waals surface area contributed by atoms with E-state index in [2.05, 4.69) is 13.5 Å². The first kappa shape index (κ1) is 20.8. The molecule has 0 radical (unpaired) electrons. The second-order valence-corrected chi connectivity index (χ2v) is 9.83. The molecular weight excluding hydrogens is 304 g/mol. The van der Waals surface area contributed by atoms with Crippen LogP contribution in [0, 0.1) is 5.92 Å². The van der Waals surface area contributed by atoms with Gasteiger partial charge in [-0.05, 0) is 6.42 Å². The first-order valence-electron chi connectivity index (χ1n) is 7.98. The van der Waals surface area contributed by atoms with E-state index in [-0.39, 0.29) is 5.92 Å². The zero-order chi connectivity index (χ0) is 16.3. The molecule has 0 aromatic heterocycles. The summed E-state index contributed by atoms with van der Waals surface area (Å²) in [5.41, 5.74) is 0. The Morgan fingerprint density at radius 3 is 1.90 bits per heavy atom. The molecule has 0 heterocycles. The standard InChI is InChI=1S/C16H32O3S2/c1-5-7-8-9-10-11-12-13-14-15(6-2)16(20(3)17)21(4,18)19/h6,15-16H,2,5,7-14H2,1,3-4H3. The molecule has 0 saturated heterocycles. The highest BCUT2D eigenvalue weighted by molar-refractivity contribution is 8.05. The van der Waals surface area contributed by atoms with Gasteiger partial charge in [0.15, 0.2) is 9.84 Å². The first-order chi connectivity index (χ1) is 9.84. The number of hydrogen-bond donors (Lipinski definition) is 0. The summed E-state index contributed by atoms with van der Waals surface area (Å²) >= 11 is 0. The summed E-state index contributed by atoms with van der Waals surface area (Å²) < 4.78 is 34.4. The van der Waals surface area contributed by atoms with Crippen molar-refractivity contribution < 1.29 is 12.6 Å². The van der Waals surface area contributed by atoms with Gasteiger partial charge >= 0.3 is 0 Å². The molecule has 0 N–H and O–H groups in total. The van der Waals surface area contributed by atoms with Gasteiger partial charge in [-0.1, -0.05) is 64.4 Å². The third-order valence-electron chi connectivity index (χ3n) is 3.79. The molecule has 126 valence electrons. The van der Waals surface area contributed by atoms with Crippen LogP contribution in [0.2, 0.25) is 0 Å². The van der Waals surface area contributed by atoms with Gasteiger partial charge in [0.05, 0.1) is 0 Å². The molecule has 0 aliphatic heterocycles. The minimum atomic E-state index is -3.30. The molecule has 3 nitrogen and oxygen atoms in total. The van der Waals surface area contributed by atoms with Gasteiger partial charge in [-0.15, -0.1) is 6.58 Å². The molecule has 0 aliphatic carbocycles. The van der Waals surface area contributed by atoms with Crippen LogP contribution >= 0.6 is 0 Å². The molecule has 0 rings (SSSR count). The zero-order valence-corrected chi connectivity index (χ0v) is 15.5. The van der Waals surface area contributed by atoms with E-state index >= 15 is 0 Å². The van der Waals surface area contributed by atoms with E-state index in [1.54, 1.807) is 6.08 Å². The number of allylic oxidation sites excluding steroid dienone is 1. The molecule has 0 aromatic rings. The van der Waals surface area contributed by atoms with Gasteiger partial charge in [0.25, 0.3) is 0 Å². The maximum atomic E-state index is 11.8. The van der Waals surface area contributed by atoms with Crippen LogP contribution in [0.15, 0.2) is 12.7 Å². The first-order valence-corrected chi connectivity index (χ1v) is 11.6. The monoisotopic (exact) mass is 336 g/mol. The lowest BCUT2D eigenvalue weighted by Crippen LogP contribution is -2.32.